The van der Waals surface area contributed by atoms with E-state index in [9.17, 15) is 0 Å². The van der Waals surface area contributed by atoms with Gasteiger partial charge in [0, 0.05) is 0 Å². The minimum atomic E-state index is -1.54. The van der Waals surface area contributed by atoms with Gasteiger partial charge in [-0.15, -0.1) is 5.10 Å². The molecule has 0 aliphatic carbocycles. The van der Waals surface area contributed by atoms with E-state index in [1.165, 1.54) is 0 Å². The summed E-state index contributed by atoms with van der Waals surface area (Å²) < 4.78 is 1.98. The molecule has 0 radical (unpaired) electrons. The molecule has 15 heavy (non-hydrogen) atoms. The van der Waals surface area contributed by atoms with Gasteiger partial charge in [-0.2, -0.15) is 0 Å². The fraction of sp³-hybridized carbons (Fsp3) is 0.333. The molecule has 0 amide bonds. The van der Waals surface area contributed by atoms with Crippen LogP contribution in [0.3, 0.4) is 0 Å². The van der Waals surface area contributed by atoms with E-state index in [-0.39, 0.29) is 0 Å². The molecule has 1 aromatic heterocycles. The number of aromatic nitrogens is 3. The van der Waals surface area contributed by atoms with Crippen molar-refractivity contribution in [1.82, 2.24) is 14.7 Å². The molecule has 0 bridgehead atoms. The maximum absolute atomic E-state index is 5.98. The highest BCUT2D eigenvalue weighted by molar-refractivity contribution is 6.75. The predicted octanol–water partition coefficient (Wildman–Crippen LogP) is 3.42. The van der Waals surface area contributed by atoms with Crippen LogP contribution < -0.4 is 0 Å². The molecular weight excluding hydrogens is 249 g/mol. The van der Waals surface area contributed by atoms with E-state index in [0.29, 0.717) is 10.0 Å². The van der Waals surface area contributed by atoms with Crippen LogP contribution in [0.4, 0.5) is 0 Å². The maximum Gasteiger partial charge on any atom is 0.179 e. The summed E-state index contributed by atoms with van der Waals surface area (Å²) in [7, 11) is -1.54. The number of nitrogens with zero attached hydrogens (tertiary/aromatic N) is 3. The Hall–Kier alpha value is -0.583. The fourth-order valence-electron chi connectivity index (χ4n) is 1.41. The van der Waals surface area contributed by atoms with Crippen molar-refractivity contribution in [1.29, 1.82) is 0 Å². The standard InChI is InChI=1S/C9H11Cl2N3Si/c1-15(2,3)14-9-5-7(11)6(10)4-8(9)12-13-14/h4-5H,1-3H3. The van der Waals surface area contributed by atoms with Crippen molar-refractivity contribution >= 4 is 42.5 Å². The fourth-order valence-corrected chi connectivity index (χ4v) is 2.94. The molecule has 0 spiro atoms. The zero-order chi connectivity index (χ0) is 11.2. The van der Waals surface area contributed by atoms with Crippen molar-refractivity contribution in [3.8, 4) is 0 Å². The Bertz CT molecular complexity index is 516. The molecule has 3 nitrogen and oxygen atoms in total. The number of halogens is 2. The van der Waals surface area contributed by atoms with E-state index in [0.717, 1.165) is 11.0 Å². The Balaban J connectivity index is 2.75. The topological polar surface area (TPSA) is 30.7 Å². The number of hydrogen-bond donors (Lipinski definition) is 0. The molecule has 1 heterocycles. The molecule has 0 N–H and O–H groups in total. The van der Waals surface area contributed by atoms with Crippen LogP contribution in [0.15, 0.2) is 12.1 Å². The molecule has 0 aliphatic rings. The van der Waals surface area contributed by atoms with Gasteiger partial charge in [-0.1, -0.05) is 28.4 Å². The van der Waals surface area contributed by atoms with Gasteiger partial charge in [-0.25, -0.2) is 0 Å². The molecule has 0 aliphatic heterocycles. The van der Waals surface area contributed by atoms with Crippen LogP contribution >= 0.6 is 23.2 Å². The molecule has 0 saturated heterocycles. The molecule has 80 valence electrons. The second-order valence-corrected chi connectivity index (χ2v) is 10.0. The minimum Gasteiger partial charge on any atom is -0.275 e. The molecule has 1 aromatic carbocycles. The Kier molecular flexibility index (Phi) is 2.53. The first-order chi connectivity index (χ1) is 6.89. The van der Waals surface area contributed by atoms with Gasteiger partial charge in [0.25, 0.3) is 0 Å². The summed E-state index contributed by atoms with van der Waals surface area (Å²) in [5.74, 6) is 0. The molecule has 2 aromatic rings. The maximum atomic E-state index is 5.98. The van der Waals surface area contributed by atoms with E-state index in [1.54, 1.807) is 6.07 Å². The SMILES string of the molecule is C[Si](C)(C)n1nnc2cc(Cl)c(Cl)cc21. The molecule has 2 rings (SSSR count). The zero-order valence-electron chi connectivity index (χ0n) is 8.75. The smallest absolute Gasteiger partial charge is 0.179 e. The first-order valence-electron chi connectivity index (χ1n) is 4.60. The van der Waals surface area contributed by atoms with Gasteiger partial charge >= 0.3 is 0 Å². The summed E-state index contributed by atoms with van der Waals surface area (Å²) in [4.78, 5) is 0. The highest BCUT2D eigenvalue weighted by Crippen LogP contribution is 2.27. The normalized spacial score (nSPS) is 12.3. The molecular formula is C9H11Cl2N3Si. The highest BCUT2D eigenvalue weighted by Gasteiger charge is 2.21. The third-order valence-electron chi connectivity index (χ3n) is 2.12. The first-order valence-corrected chi connectivity index (χ1v) is 8.81. The van der Waals surface area contributed by atoms with E-state index in [2.05, 4.69) is 30.0 Å². The number of fused-ring (bicyclic) bond motifs is 1. The summed E-state index contributed by atoms with van der Waals surface area (Å²) in [6.07, 6.45) is 0. The van der Waals surface area contributed by atoms with Gasteiger partial charge in [0.15, 0.2) is 8.24 Å². The van der Waals surface area contributed by atoms with Gasteiger partial charge in [-0.3, -0.25) is 4.35 Å². The lowest BCUT2D eigenvalue weighted by Gasteiger charge is -2.16. The highest BCUT2D eigenvalue weighted by atomic mass is 35.5. The lowest BCUT2D eigenvalue weighted by atomic mass is 10.3. The van der Waals surface area contributed by atoms with Gasteiger partial charge in [0.05, 0.1) is 15.6 Å². The van der Waals surface area contributed by atoms with Gasteiger partial charge in [0.1, 0.15) is 5.52 Å². The Morgan fingerprint density at radius 2 is 1.73 bits per heavy atom. The predicted molar refractivity (Wildman–Crippen MR) is 66.3 cm³/mol. The van der Waals surface area contributed by atoms with Crippen LogP contribution in [0, 0.1) is 0 Å². The first kappa shape index (κ1) is 10.9. The van der Waals surface area contributed by atoms with E-state index < -0.39 is 8.24 Å². The van der Waals surface area contributed by atoms with E-state index >= 15 is 0 Å². The molecule has 0 unspecified atom stereocenters. The molecule has 0 saturated carbocycles. The second kappa shape index (κ2) is 3.47. The average molecular weight is 260 g/mol. The van der Waals surface area contributed by atoms with Crippen molar-refractivity contribution in [2.45, 2.75) is 19.6 Å². The summed E-state index contributed by atoms with van der Waals surface area (Å²) in [6.45, 7) is 6.59. The van der Waals surface area contributed by atoms with Gasteiger partial charge in [-0.05, 0) is 31.8 Å². The monoisotopic (exact) mass is 259 g/mol. The Morgan fingerprint density at radius 3 is 2.33 bits per heavy atom. The summed E-state index contributed by atoms with van der Waals surface area (Å²) in [5, 5.41) is 9.32. The van der Waals surface area contributed by atoms with Crippen LogP contribution in [0.1, 0.15) is 0 Å². The van der Waals surface area contributed by atoms with Crippen molar-refractivity contribution in [3.05, 3.63) is 22.2 Å². The van der Waals surface area contributed by atoms with Crippen LogP contribution in [-0.4, -0.2) is 22.9 Å². The van der Waals surface area contributed by atoms with Crippen LogP contribution in [0.25, 0.3) is 11.0 Å². The number of rotatable bonds is 1. The Morgan fingerprint density at radius 1 is 1.13 bits per heavy atom. The Labute approximate surface area is 99.1 Å². The van der Waals surface area contributed by atoms with Crippen LogP contribution in [0.2, 0.25) is 29.7 Å². The van der Waals surface area contributed by atoms with E-state index in [4.69, 9.17) is 23.2 Å². The van der Waals surface area contributed by atoms with Gasteiger partial charge < -0.3 is 0 Å². The average Bonchev–Trinajstić information content (AvgIpc) is 2.47. The van der Waals surface area contributed by atoms with Crippen LogP contribution in [-0.2, 0) is 0 Å². The molecule has 0 atom stereocenters. The number of benzene rings is 1. The third kappa shape index (κ3) is 1.89. The third-order valence-corrected chi connectivity index (χ3v) is 4.45. The summed E-state index contributed by atoms with van der Waals surface area (Å²) in [5.41, 5.74) is 1.76. The quantitative estimate of drug-likeness (QED) is 0.735. The zero-order valence-corrected chi connectivity index (χ0v) is 11.3. The molecule has 6 heteroatoms. The lowest BCUT2D eigenvalue weighted by molar-refractivity contribution is 0.862. The van der Waals surface area contributed by atoms with Crippen molar-refractivity contribution in [2.75, 3.05) is 0 Å². The van der Waals surface area contributed by atoms with Gasteiger partial charge in [0.2, 0.25) is 0 Å². The van der Waals surface area contributed by atoms with Crippen molar-refractivity contribution < 1.29 is 0 Å². The molecule has 0 fully saturated rings. The van der Waals surface area contributed by atoms with E-state index in [1.807, 2.05) is 10.4 Å². The summed E-state index contributed by atoms with van der Waals surface area (Å²) >= 11 is 11.9. The second-order valence-electron chi connectivity index (χ2n) is 4.43. The van der Waals surface area contributed by atoms with Crippen molar-refractivity contribution in [3.63, 3.8) is 0 Å². The van der Waals surface area contributed by atoms with Crippen molar-refractivity contribution in [2.24, 2.45) is 0 Å². The summed E-state index contributed by atoms with van der Waals surface area (Å²) in [6, 6.07) is 3.58. The lowest BCUT2D eigenvalue weighted by Crippen LogP contribution is -2.33. The number of hydrogen-bond acceptors (Lipinski definition) is 2. The largest absolute Gasteiger partial charge is 0.275 e. The van der Waals surface area contributed by atoms with Crippen LogP contribution in [0.5, 0.6) is 0 Å². The minimum absolute atomic E-state index is 0.520.